The van der Waals surface area contributed by atoms with Crippen LogP contribution in [0.25, 0.3) is 11.5 Å². The summed E-state index contributed by atoms with van der Waals surface area (Å²) in [5.74, 6) is 1.50. The summed E-state index contributed by atoms with van der Waals surface area (Å²) in [4.78, 5) is 18.5. The lowest BCUT2D eigenvalue weighted by Crippen LogP contribution is -2.40. The maximum absolute atomic E-state index is 12.5. The summed E-state index contributed by atoms with van der Waals surface area (Å²) in [5.41, 5.74) is 2.87. The van der Waals surface area contributed by atoms with Crippen molar-refractivity contribution in [2.24, 2.45) is 0 Å². The predicted octanol–water partition coefficient (Wildman–Crippen LogP) is 3.85. The number of nitrogens with one attached hydrogen (secondary N) is 1. The number of aromatic nitrogens is 3. The fourth-order valence-electron chi connectivity index (χ4n) is 3.36. The smallest absolute Gasteiger partial charge is 0.321 e. The summed E-state index contributed by atoms with van der Waals surface area (Å²) >= 11 is 0. The molecule has 4 rings (SSSR count). The zero-order valence-corrected chi connectivity index (χ0v) is 15.1. The minimum absolute atomic E-state index is 0.0652. The van der Waals surface area contributed by atoms with Gasteiger partial charge in [0, 0.05) is 43.7 Å². The Labute approximate surface area is 157 Å². The number of pyridine rings is 1. The van der Waals surface area contributed by atoms with Crippen molar-refractivity contribution in [2.45, 2.75) is 25.7 Å². The molecule has 3 aromatic rings. The Morgan fingerprint density at radius 3 is 2.41 bits per heavy atom. The van der Waals surface area contributed by atoms with Crippen LogP contribution in [0.3, 0.4) is 0 Å². The van der Waals surface area contributed by atoms with Gasteiger partial charge in [0.2, 0.25) is 11.8 Å². The molecule has 0 bridgehead atoms. The van der Waals surface area contributed by atoms with Gasteiger partial charge in [0.1, 0.15) is 0 Å². The number of hydrogen-bond acceptors (Lipinski definition) is 5. The summed E-state index contributed by atoms with van der Waals surface area (Å²) in [6, 6.07) is 11.5. The normalized spacial score (nSPS) is 14.9. The molecule has 0 spiro atoms. The third-order valence-electron chi connectivity index (χ3n) is 4.87. The van der Waals surface area contributed by atoms with Crippen LogP contribution in [0.2, 0.25) is 0 Å². The van der Waals surface area contributed by atoms with E-state index < -0.39 is 0 Å². The topological polar surface area (TPSA) is 84.2 Å². The molecule has 1 fully saturated rings. The van der Waals surface area contributed by atoms with E-state index in [0.29, 0.717) is 17.7 Å². The van der Waals surface area contributed by atoms with E-state index in [2.05, 4.69) is 32.6 Å². The molecule has 1 saturated heterocycles. The number of urea groups is 1. The number of rotatable bonds is 3. The zero-order valence-electron chi connectivity index (χ0n) is 15.1. The first kappa shape index (κ1) is 17.2. The summed E-state index contributed by atoms with van der Waals surface area (Å²) in [6.45, 7) is 3.25. The van der Waals surface area contributed by atoms with Crippen molar-refractivity contribution >= 4 is 11.7 Å². The molecule has 138 valence electrons. The Bertz CT molecular complexity index is 900. The van der Waals surface area contributed by atoms with E-state index >= 15 is 0 Å². The van der Waals surface area contributed by atoms with Gasteiger partial charge in [-0.05, 0) is 60.7 Å². The Morgan fingerprint density at radius 1 is 1.07 bits per heavy atom. The van der Waals surface area contributed by atoms with Crippen molar-refractivity contribution in [3.63, 3.8) is 0 Å². The maximum Gasteiger partial charge on any atom is 0.321 e. The first-order chi connectivity index (χ1) is 13.2. The summed E-state index contributed by atoms with van der Waals surface area (Å²) in [7, 11) is 0. The van der Waals surface area contributed by atoms with Gasteiger partial charge in [-0.2, -0.15) is 0 Å². The number of benzene rings is 1. The second-order valence-electron chi connectivity index (χ2n) is 6.68. The van der Waals surface area contributed by atoms with Crippen LogP contribution in [0.15, 0.2) is 53.2 Å². The molecular formula is C20H21N5O2. The Hall–Kier alpha value is -3.22. The fourth-order valence-corrected chi connectivity index (χ4v) is 3.36. The number of amides is 2. The lowest BCUT2D eigenvalue weighted by Gasteiger charge is -2.32. The van der Waals surface area contributed by atoms with Crippen LogP contribution < -0.4 is 5.32 Å². The lowest BCUT2D eigenvalue weighted by atomic mass is 9.90. The number of aryl methyl sites for hydroxylation is 1. The number of carbonyl (C=O) groups is 1. The number of likely N-dealkylation sites (tertiary alicyclic amines) is 1. The number of hydrogen-bond donors (Lipinski definition) is 1. The SMILES string of the molecule is Cc1nnc(-c2ccc(NC(=O)N3CCC(c4ccncc4)CC3)cc2)o1. The number of carbonyl (C=O) groups excluding carboxylic acids is 1. The van der Waals surface area contributed by atoms with E-state index in [-0.39, 0.29) is 6.03 Å². The van der Waals surface area contributed by atoms with Gasteiger partial charge in [-0.3, -0.25) is 4.98 Å². The fraction of sp³-hybridized carbons (Fsp3) is 0.300. The molecular weight excluding hydrogens is 342 g/mol. The van der Waals surface area contributed by atoms with E-state index in [1.807, 2.05) is 41.6 Å². The highest BCUT2D eigenvalue weighted by atomic mass is 16.4. The van der Waals surface area contributed by atoms with Crippen LogP contribution in [0.1, 0.15) is 30.2 Å². The summed E-state index contributed by atoms with van der Waals surface area (Å²) in [6.07, 6.45) is 5.58. The molecule has 27 heavy (non-hydrogen) atoms. The van der Waals surface area contributed by atoms with Crippen LogP contribution in [0.4, 0.5) is 10.5 Å². The second kappa shape index (κ2) is 7.57. The average molecular weight is 363 g/mol. The monoisotopic (exact) mass is 363 g/mol. The molecule has 0 saturated carbocycles. The molecule has 7 heteroatoms. The van der Waals surface area contributed by atoms with E-state index in [1.165, 1.54) is 5.56 Å². The molecule has 1 aliphatic rings. The van der Waals surface area contributed by atoms with Crippen molar-refractivity contribution in [1.82, 2.24) is 20.1 Å². The first-order valence-corrected chi connectivity index (χ1v) is 9.05. The predicted molar refractivity (Wildman–Crippen MR) is 101 cm³/mol. The second-order valence-corrected chi connectivity index (χ2v) is 6.68. The van der Waals surface area contributed by atoms with Crippen LogP contribution >= 0.6 is 0 Å². The largest absolute Gasteiger partial charge is 0.421 e. The Balaban J connectivity index is 1.33. The standard InChI is InChI=1S/C20H21N5O2/c1-14-23-24-19(27-14)17-2-4-18(5-3-17)22-20(26)25-12-8-16(9-13-25)15-6-10-21-11-7-15/h2-7,10-11,16H,8-9,12-13H2,1H3,(H,22,26). The highest BCUT2D eigenvalue weighted by Gasteiger charge is 2.23. The van der Waals surface area contributed by atoms with Crippen molar-refractivity contribution in [3.05, 3.63) is 60.2 Å². The van der Waals surface area contributed by atoms with Crippen LogP contribution in [0, 0.1) is 6.92 Å². The maximum atomic E-state index is 12.5. The van der Waals surface area contributed by atoms with Crippen molar-refractivity contribution < 1.29 is 9.21 Å². The van der Waals surface area contributed by atoms with Gasteiger partial charge in [-0.15, -0.1) is 10.2 Å². The first-order valence-electron chi connectivity index (χ1n) is 9.05. The Kier molecular flexibility index (Phi) is 4.82. The number of anilines is 1. The summed E-state index contributed by atoms with van der Waals surface area (Å²) < 4.78 is 5.41. The summed E-state index contributed by atoms with van der Waals surface area (Å²) in [5, 5.41) is 10.8. The van der Waals surface area contributed by atoms with Crippen molar-refractivity contribution in [2.75, 3.05) is 18.4 Å². The molecule has 1 aromatic carbocycles. The molecule has 2 amide bonds. The highest BCUT2D eigenvalue weighted by Crippen LogP contribution is 2.28. The number of nitrogens with zero attached hydrogens (tertiary/aromatic N) is 4. The molecule has 2 aromatic heterocycles. The van der Waals surface area contributed by atoms with Crippen LogP contribution in [-0.2, 0) is 0 Å². The zero-order chi connectivity index (χ0) is 18.6. The third kappa shape index (κ3) is 3.97. The third-order valence-corrected chi connectivity index (χ3v) is 4.87. The van der Waals surface area contributed by atoms with Crippen LogP contribution in [-0.4, -0.2) is 39.2 Å². The lowest BCUT2D eigenvalue weighted by molar-refractivity contribution is 0.194. The van der Waals surface area contributed by atoms with Crippen molar-refractivity contribution in [1.29, 1.82) is 0 Å². The van der Waals surface area contributed by atoms with E-state index in [0.717, 1.165) is 37.2 Å². The van der Waals surface area contributed by atoms with E-state index in [9.17, 15) is 4.79 Å². The molecule has 0 unspecified atom stereocenters. The Morgan fingerprint density at radius 2 is 1.78 bits per heavy atom. The van der Waals surface area contributed by atoms with Gasteiger partial charge in [0.05, 0.1) is 0 Å². The average Bonchev–Trinajstić information content (AvgIpc) is 3.16. The quantitative estimate of drug-likeness (QED) is 0.764. The minimum atomic E-state index is -0.0652. The van der Waals surface area contributed by atoms with E-state index in [4.69, 9.17) is 4.42 Å². The van der Waals surface area contributed by atoms with Gasteiger partial charge in [0.25, 0.3) is 0 Å². The van der Waals surface area contributed by atoms with Gasteiger partial charge >= 0.3 is 6.03 Å². The molecule has 0 radical (unpaired) electrons. The molecule has 0 aliphatic carbocycles. The molecule has 1 aliphatic heterocycles. The minimum Gasteiger partial charge on any atom is -0.421 e. The highest BCUT2D eigenvalue weighted by molar-refractivity contribution is 5.89. The van der Waals surface area contributed by atoms with Gasteiger partial charge in [-0.1, -0.05) is 0 Å². The molecule has 7 nitrogen and oxygen atoms in total. The molecule has 1 N–H and O–H groups in total. The van der Waals surface area contributed by atoms with E-state index in [1.54, 1.807) is 6.92 Å². The van der Waals surface area contributed by atoms with Gasteiger partial charge < -0.3 is 14.6 Å². The molecule has 0 atom stereocenters. The van der Waals surface area contributed by atoms with Crippen molar-refractivity contribution in [3.8, 4) is 11.5 Å². The van der Waals surface area contributed by atoms with Gasteiger partial charge in [-0.25, -0.2) is 4.79 Å². The van der Waals surface area contributed by atoms with Gasteiger partial charge in [0.15, 0.2) is 0 Å². The molecule has 3 heterocycles. The number of piperidine rings is 1. The van der Waals surface area contributed by atoms with Crippen LogP contribution in [0.5, 0.6) is 0 Å².